The number of benzene rings is 2. The first kappa shape index (κ1) is 16.4. The Hall–Kier alpha value is -3.41. The quantitative estimate of drug-likeness (QED) is 0.796. The second-order valence-corrected chi connectivity index (χ2v) is 5.49. The summed E-state index contributed by atoms with van der Waals surface area (Å²) < 4.78 is 6.59. The first-order valence-corrected chi connectivity index (χ1v) is 7.69. The minimum atomic E-state index is -0.545. The number of ether oxygens (including phenoxy) is 1. The van der Waals surface area contributed by atoms with Gasteiger partial charge in [0.2, 0.25) is 5.43 Å². The van der Waals surface area contributed by atoms with E-state index in [4.69, 9.17) is 4.74 Å². The van der Waals surface area contributed by atoms with E-state index in [-0.39, 0.29) is 5.69 Å². The fraction of sp³-hybridized carbons (Fsp3) is 0.105. The lowest BCUT2D eigenvalue weighted by Crippen LogP contribution is -2.25. The first-order chi connectivity index (χ1) is 12.1. The normalized spacial score (nSPS) is 10.3. The Kier molecular flexibility index (Phi) is 4.61. The number of hydrogen-bond donors (Lipinski definition) is 1. The molecule has 0 spiro atoms. The van der Waals surface area contributed by atoms with Crippen molar-refractivity contribution in [2.45, 2.75) is 6.92 Å². The van der Waals surface area contributed by atoms with E-state index in [0.29, 0.717) is 17.1 Å². The van der Waals surface area contributed by atoms with Crippen molar-refractivity contribution in [3.05, 3.63) is 82.3 Å². The molecule has 0 unspecified atom stereocenters. The van der Waals surface area contributed by atoms with E-state index in [0.717, 1.165) is 5.56 Å². The zero-order chi connectivity index (χ0) is 17.8. The Morgan fingerprint density at radius 3 is 2.36 bits per heavy atom. The van der Waals surface area contributed by atoms with E-state index in [9.17, 15) is 9.59 Å². The molecule has 25 heavy (non-hydrogen) atoms. The number of anilines is 1. The summed E-state index contributed by atoms with van der Waals surface area (Å²) in [7, 11) is 1.58. The number of aromatic nitrogens is 2. The van der Waals surface area contributed by atoms with Crippen LogP contribution in [0, 0.1) is 6.92 Å². The zero-order valence-electron chi connectivity index (χ0n) is 13.9. The second kappa shape index (κ2) is 7.00. The lowest BCUT2D eigenvalue weighted by molar-refractivity contribution is 0.101. The van der Waals surface area contributed by atoms with Gasteiger partial charge in [-0.3, -0.25) is 9.59 Å². The van der Waals surface area contributed by atoms with Crippen molar-refractivity contribution in [2.24, 2.45) is 0 Å². The van der Waals surface area contributed by atoms with Gasteiger partial charge in [0.25, 0.3) is 5.91 Å². The maximum absolute atomic E-state index is 12.4. The second-order valence-electron chi connectivity index (χ2n) is 5.49. The van der Waals surface area contributed by atoms with Gasteiger partial charge in [0.05, 0.1) is 12.8 Å². The Bertz CT molecular complexity index is 945. The van der Waals surface area contributed by atoms with E-state index in [1.807, 2.05) is 19.1 Å². The molecule has 2 aromatic carbocycles. The SMILES string of the molecule is COc1ccc(-n2ccc(=O)c(C(=O)Nc3ccc(C)cc3)n2)cc1. The molecule has 3 rings (SSSR count). The molecular formula is C19H17N3O3. The Morgan fingerprint density at radius 2 is 1.72 bits per heavy atom. The maximum Gasteiger partial charge on any atom is 0.280 e. The van der Waals surface area contributed by atoms with Gasteiger partial charge < -0.3 is 10.1 Å². The summed E-state index contributed by atoms with van der Waals surface area (Å²) in [5.41, 5.74) is 1.80. The van der Waals surface area contributed by atoms with Crippen LogP contribution in [-0.2, 0) is 0 Å². The van der Waals surface area contributed by atoms with Crippen LogP contribution < -0.4 is 15.5 Å². The van der Waals surface area contributed by atoms with Gasteiger partial charge in [0.1, 0.15) is 5.75 Å². The fourth-order valence-electron chi connectivity index (χ4n) is 2.27. The molecule has 3 aromatic rings. The summed E-state index contributed by atoms with van der Waals surface area (Å²) in [6, 6.07) is 15.8. The van der Waals surface area contributed by atoms with Crippen molar-refractivity contribution in [1.29, 1.82) is 0 Å². The van der Waals surface area contributed by atoms with Crippen LogP contribution in [0.3, 0.4) is 0 Å². The molecule has 0 fully saturated rings. The molecule has 0 bridgehead atoms. The summed E-state index contributed by atoms with van der Waals surface area (Å²) >= 11 is 0. The summed E-state index contributed by atoms with van der Waals surface area (Å²) in [5, 5.41) is 6.85. The van der Waals surface area contributed by atoms with Crippen molar-refractivity contribution in [2.75, 3.05) is 12.4 Å². The molecule has 0 saturated carbocycles. The van der Waals surface area contributed by atoms with Crippen molar-refractivity contribution in [1.82, 2.24) is 9.78 Å². The Balaban J connectivity index is 1.89. The van der Waals surface area contributed by atoms with Crippen LogP contribution in [0.1, 0.15) is 16.1 Å². The summed E-state index contributed by atoms with van der Waals surface area (Å²) in [6.07, 6.45) is 1.52. The minimum absolute atomic E-state index is 0.168. The predicted molar refractivity (Wildman–Crippen MR) is 95.5 cm³/mol. The monoisotopic (exact) mass is 335 g/mol. The van der Waals surface area contributed by atoms with Crippen LogP contribution in [0.15, 0.2) is 65.6 Å². The van der Waals surface area contributed by atoms with Gasteiger partial charge in [-0.25, -0.2) is 4.68 Å². The van der Waals surface area contributed by atoms with E-state index < -0.39 is 11.3 Å². The molecule has 126 valence electrons. The molecule has 0 aliphatic carbocycles. The molecule has 0 aliphatic heterocycles. The largest absolute Gasteiger partial charge is 0.497 e. The maximum atomic E-state index is 12.4. The average molecular weight is 335 g/mol. The molecule has 0 atom stereocenters. The van der Waals surface area contributed by atoms with E-state index in [1.54, 1.807) is 43.5 Å². The van der Waals surface area contributed by atoms with Gasteiger partial charge in [0.15, 0.2) is 5.69 Å². The number of nitrogens with zero attached hydrogens (tertiary/aromatic N) is 2. The van der Waals surface area contributed by atoms with E-state index in [1.165, 1.54) is 16.9 Å². The minimum Gasteiger partial charge on any atom is -0.497 e. The molecule has 0 radical (unpaired) electrons. The Labute approximate surface area is 144 Å². The molecule has 0 saturated heterocycles. The highest BCUT2D eigenvalue weighted by Gasteiger charge is 2.13. The number of carbonyl (C=O) groups excluding carboxylic acids is 1. The lowest BCUT2D eigenvalue weighted by Gasteiger charge is -2.09. The van der Waals surface area contributed by atoms with Gasteiger partial charge in [-0.1, -0.05) is 17.7 Å². The van der Waals surface area contributed by atoms with Crippen LogP contribution in [0.2, 0.25) is 0 Å². The smallest absolute Gasteiger partial charge is 0.280 e. The first-order valence-electron chi connectivity index (χ1n) is 7.69. The van der Waals surface area contributed by atoms with Crippen LogP contribution >= 0.6 is 0 Å². The van der Waals surface area contributed by atoms with Crippen molar-refractivity contribution < 1.29 is 9.53 Å². The average Bonchev–Trinajstić information content (AvgIpc) is 2.64. The molecule has 0 aliphatic rings. The van der Waals surface area contributed by atoms with E-state index >= 15 is 0 Å². The predicted octanol–water partition coefficient (Wildman–Crippen LogP) is 2.80. The zero-order valence-corrected chi connectivity index (χ0v) is 13.9. The van der Waals surface area contributed by atoms with Crippen LogP contribution in [0.5, 0.6) is 5.75 Å². The third kappa shape index (κ3) is 3.74. The summed E-state index contributed by atoms with van der Waals surface area (Å²) in [6.45, 7) is 1.96. The number of aryl methyl sites for hydroxylation is 1. The number of nitrogens with one attached hydrogen (secondary N) is 1. The van der Waals surface area contributed by atoms with Gasteiger partial charge >= 0.3 is 0 Å². The fourth-order valence-corrected chi connectivity index (χ4v) is 2.27. The highest BCUT2D eigenvalue weighted by atomic mass is 16.5. The molecule has 1 N–H and O–H groups in total. The van der Waals surface area contributed by atoms with Crippen molar-refractivity contribution in [3.63, 3.8) is 0 Å². The topological polar surface area (TPSA) is 73.2 Å². The highest BCUT2D eigenvalue weighted by Crippen LogP contribution is 2.14. The molecule has 1 aromatic heterocycles. The summed E-state index contributed by atoms with van der Waals surface area (Å²) in [4.78, 5) is 24.4. The van der Waals surface area contributed by atoms with Crippen LogP contribution in [-0.4, -0.2) is 22.8 Å². The van der Waals surface area contributed by atoms with Crippen LogP contribution in [0.4, 0.5) is 5.69 Å². The number of amides is 1. The number of rotatable bonds is 4. The van der Waals surface area contributed by atoms with Crippen molar-refractivity contribution in [3.8, 4) is 11.4 Å². The van der Waals surface area contributed by atoms with Gasteiger partial charge in [-0.15, -0.1) is 0 Å². The third-order valence-corrected chi connectivity index (χ3v) is 3.67. The molecule has 6 nitrogen and oxygen atoms in total. The molecular weight excluding hydrogens is 318 g/mol. The lowest BCUT2D eigenvalue weighted by atomic mass is 10.2. The summed E-state index contributed by atoms with van der Waals surface area (Å²) in [5.74, 6) is 0.166. The Morgan fingerprint density at radius 1 is 1.04 bits per heavy atom. The number of hydrogen-bond acceptors (Lipinski definition) is 4. The molecule has 1 amide bonds. The molecule has 6 heteroatoms. The van der Waals surface area contributed by atoms with Gasteiger partial charge in [-0.05, 0) is 43.3 Å². The number of carbonyl (C=O) groups is 1. The van der Waals surface area contributed by atoms with E-state index in [2.05, 4.69) is 10.4 Å². The third-order valence-electron chi connectivity index (χ3n) is 3.67. The van der Waals surface area contributed by atoms with Gasteiger partial charge in [0, 0.05) is 18.0 Å². The van der Waals surface area contributed by atoms with Gasteiger partial charge in [-0.2, -0.15) is 5.10 Å². The van der Waals surface area contributed by atoms with Crippen molar-refractivity contribution >= 4 is 11.6 Å². The standard InChI is InChI=1S/C19H17N3O3/c1-13-3-5-14(6-4-13)20-19(24)18-17(23)11-12-22(21-18)15-7-9-16(25-2)10-8-15/h3-12H,1-2H3,(H,20,24). The highest BCUT2D eigenvalue weighted by molar-refractivity contribution is 6.02. The number of methoxy groups -OCH3 is 1. The van der Waals surface area contributed by atoms with Crippen LogP contribution in [0.25, 0.3) is 5.69 Å². The molecule has 1 heterocycles.